The highest BCUT2D eigenvalue weighted by atomic mass is 16.6. The standard InChI is InChI=1S/C9H15NO2/c1-3-5-6-10-8(4-2)7-12-9(10)11/h4,8H,2-3,5-7H2,1H3. The highest BCUT2D eigenvalue weighted by Gasteiger charge is 2.29. The molecule has 0 saturated carbocycles. The van der Waals surface area contributed by atoms with E-state index in [1.807, 2.05) is 0 Å². The van der Waals surface area contributed by atoms with Crippen LogP contribution in [0.4, 0.5) is 4.79 Å². The summed E-state index contributed by atoms with van der Waals surface area (Å²) >= 11 is 0. The van der Waals surface area contributed by atoms with Crippen molar-refractivity contribution < 1.29 is 9.53 Å². The third kappa shape index (κ3) is 1.78. The molecule has 1 amide bonds. The number of amides is 1. The second-order valence-electron chi connectivity index (χ2n) is 2.93. The molecule has 0 aliphatic carbocycles. The Kier molecular flexibility index (Phi) is 3.14. The highest BCUT2D eigenvalue weighted by molar-refractivity contribution is 5.70. The lowest BCUT2D eigenvalue weighted by Crippen LogP contribution is -2.32. The van der Waals surface area contributed by atoms with E-state index < -0.39 is 0 Å². The van der Waals surface area contributed by atoms with Gasteiger partial charge in [0.25, 0.3) is 0 Å². The van der Waals surface area contributed by atoms with Crippen LogP contribution in [0.5, 0.6) is 0 Å². The minimum absolute atomic E-state index is 0.0871. The highest BCUT2D eigenvalue weighted by Crippen LogP contribution is 2.13. The molecule has 1 unspecified atom stereocenters. The summed E-state index contributed by atoms with van der Waals surface area (Å²) in [6, 6.07) is 0.0871. The molecule has 1 aliphatic heterocycles. The van der Waals surface area contributed by atoms with E-state index in [9.17, 15) is 4.79 Å². The fourth-order valence-corrected chi connectivity index (χ4v) is 1.25. The normalized spacial score (nSPS) is 22.6. The van der Waals surface area contributed by atoms with Crippen LogP contribution in [0.3, 0.4) is 0 Å². The van der Waals surface area contributed by atoms with Gasteiger partial charge < -0.3 is 4.74 Å². The quantitative estimate of drug-likeness (QED) is 0.600. The molecule has 1 aliphatic rings. The zero-order chi connectivity index (χ0) is 8.97. The summed E-state index contributed by atoms with van der Waals surface area (Å²) in [5.41, 5.74) is 0. The first-order chi connectivity index (χ1) is 5.79. The van der Waals surface area contributed by atoms with E-state index in [1.54, 1.807) is 11.0 Å². The zero-order valence-electron chi connectivity index (χ0n) is 7.45. The van der Waals surface area contributed by atoms with Crippen molar-refractivity contribution in [3.8, 4) is 0 Å². The fraction of sp³-hybridized carbons (Fsp3) is 0.667. The lowest BCUT2D eigenvalue weighted by molar-refractivity contribution is 0.157. The number of carbonyl (C=O) groups is 1. The van der Waals surface area contributed by atoms with Crippen LogP contribution in [-0.4, -0.2) is 30.2 Å². The van der Waals surface area contributed by atoms with Gasteiger partial charge in [-0.05, 0) is 6.42 Å². The van der Waals surface area contributed by atoms with Gasteiger partial charge in [-0.1, -0.05) is 19.4 Å². The molecule has 12 heavy (non-hydrogen) atoms. The second-order valence-corrected chi connectivity index (χ2v) is 2.93. The zero-order valence-corrected chi connectivity index (χ0v) is 7.45. The van der Waals surface area contributed by atoms with Crippen LogP contribution >= 0.6 is 0 Å². The maximum Gasteiger partial charge on any atom is 0.410 e. The fourth-order valence-electron chi connectivity index (χ4n) is 1.25. The van der Waals surface area contributed by atoms with Gasteiger partial charge in [-0.25, -0.2) is 4.79 Å². The molecule has 68 valence electrons. The van der Waals surface area contributed by atoms with Gasteiger partial charge in [-0.2, -0.15) is 0 Å². The first kappa shape index (κ1) is 9.10. The Hall–Kier alpha value is -0.990. The number of hydrogen-bond acceptors (Lipinski definition) is 2. The number of unbranched alkanes of at least 4 members (excludes halogenated alkanes) is 1. The van der Waals surface area contributed by atoms with Crippen LogP contribution in [0.25, 0.3) is 0 Å². The van der Waals surface area contributed by atoms with Crippen LogP contribution < -0.4 is 0 Å². The van der Waals surface area contributed by atoms with Crippen molar-refractivity contribution in [3.05, 3.63) is 12.7 Å². The Morgan fingerprint density at radius 1 is 1.83 bits per heavy atom. The topological polar surface area (TPSA) is 29.5 Å². The van der Waals surface area contributed by atoms with Gasteiger partial charge >= 0.3 is 6.09 Å². The Bertz CT molecular complexity index is 179. The van der Waals surface area contributed by atoms with Crippen molar-refractivity contribution >= 4 is 6.09 Å². The summed E-state index contributed by atoms with van der Waals surface area (Å²) in [5, 5.41) is 0. The van der Waals surface area contributed by atoms with Gasteiger partial charge in [-0.15, -0.1) is 6.58 Å². The number of hydrogen-bond donors (Lipinski definition) is 0. The van der Waals surface area contributed by atoms with Crippen molar-refractivity contribution in [2.24, 2.45) is 0 Å². The molecule has 3 heteroatoms. The van der Waals surface area contributed by atoms with Crippen LogP contribution in [0.15, 0.2) is 12.7 Å². The number of nitrogens with zero attached hydrogens (tertiary/aromatic N) is 1. The number of rotatable bonds is 4. The van der Waals surface area contributed by atoms with Crippen molar-refractivity contribution in [1.82, 2.24) is 4.90 Å². The average molecular weight is 169 g/mol. The van der Waals surface area contributed by atoms with Crippen molar-refractivity contribution in [1.29, 1.82) is 0 Å². The molecule has 1 heterocycles. The van der Waals surface area contributed by atoms with Crippen LogP contribution in [0, 0.1) is 0 Å². The van der Waals surface area contributed by atoms with E-state index in [2.05, 4.69) is 13.5 Å². The van der Waals surface area contributed by atoms with Crippen molar-refractivity contribution in [2.45, 2.75) is 25.8 Å². The predicted octanol–water partition coefficient (Wildman–Crippen LogP) is 1.79. The van der Waals surface area contributed by atoms with E-state index in [1.165, 1.54) is 0 Å². The number of cyclic esters (lactones) is 1. The minimum Gasteiger partial charge on any atom is -0.447 e. The molecule has 3 nitrogen and oxygen atoms in total. The first-order valence-corrected chi connectivity index (χ1v) is 4.35. The monoisotopic (exact) mass is 169 g/mol. The molecular weight excluding hydrogens is 154 g/mol. The summed E-state index contributed by atoms with van der Waals surface area (Å²) < 4.78 is 4.88. The van der Waals surface area contributed by atoms with E-state index in [4.69, 9.17) is 4.74 Å². The van der Waals surface area contributed by atoms with Crippen molar-refractivity contribution in [2.75, 3.05) is 13.2 Å². The van der Waals surface area contributed by atoms with Crippen LogP contribution in [0.1, 0.15) is 19.8 Å². The first-order valence-electron chi connectivity index (χ1n) is 4.35. The van der Waals surface area contributed by atoms with Gasteiger partial charge in [0.1, 0.15) is 6.61 Å². The van der Waals surface area contributed by atoms with E-state index in [0.29, 0.717) is 6.61 Å². The average Bonchev–Trinajstić information content (AvgIpc) is 2.43. The van der Waals surface area contributed by atoms with Gasteiger partial charge in [0.15, 0.2) is 0 Å². The van der Waals surface area contributed by atoms with Gasteiger partial charge in [0.2, 0.25) is 0 Å². The molecule has 0 radical (unpaired) electrons. The van der Waals surface area contributed by atoms with E-state index in [-0.39, 0.29) is 12.1 Å². The molecule has 0 aromatic rings. The van der Waals surface area contributed by atoms with Gasteiger partial charge in [0.05, 0.1) is 6.04 Å². The lowest BCUT2D eigenvalue weighted by Gasteiger charge is -2.17. The van der Waals surface area contributed by atoms with E-state index >= 15 is 0 Å². The molecule has 0 aromatic carbocycles. The molecule has 0 spiro atoms. The smallest absolute Gasteiger partial charge is 0.410 e. The van der Waals surface area contributed by atoms with Crippen LogP contribution in [-0.2, 0) is 4.74 Å². The Labute approximate surface area is 73.0 Å². The molecule has 0 bridgehead atoms. The third-order valence-electron chi connectivity index (χ3n) is 2.04. The molecule has 0 aromatic heterocycles. The number of carbonyl (C=O) groups excluding carboxylic acids is 1. The van der Waals surface area contributed by atoms with Gasteiger partial charge in [-0.3, -0.25) is 4.90 Å². The number of ether oxygens (including phenoxy) is 1. The molecule has 1 fully saturated rings. The summed E-state index contributed by atoms with van der Waals surface area (Å²) in [5.74, 6) is 0. The third-order valence-corrected chi connectivity index (χ3v) is 2.04. The Morgan fingerprint density at radius 3 is 3.17 bits per heavy atom. The largest absolute Gasteiger partial charge is 0.447 e. The Morgan fingerprint density at radius 2 is 2.58 bits per heavy atom. The SMILES string of the molecule is C=CC1COC(=O)N1CCCC. The molecular formula is C9H15NO2. The maximum absolute atomic E-state index is 11.1. The molecule has 1 saturated heterocycles. The Balaban J connectivity index is 2.46. The van der Waals surface area contributed by atoms with E-state index in [0.717, 1.165) is 19.4 Å². The van der Waals surface area contributed by atoms with Gasteiger partial charge in [0, 0.05) is 6.54 Å². The second kappa shape index (κ2) is 4.14. The summed E-state index contributed by atoms with van der Waals surface area (Å²) in [4.78, 5) is 12.8. The molecule has 0 N–H and O–H groups in total. The molecule has 1 rings (SSSR count). The molecule has 1 atom stereocenters. The van der Waals surface area contributed by atoms with Crippen molar-refractivity contribution in [3.63, 3.8) is 0 Å². The maximum atomic E-state index is 11.1. The lowest BCUT2D eigenvalue weighted by atomic mass is 10.2. The summed E-state index contributed by atoms with van der Waals surface area (Å²) in [6.45, 7) is 7.01. The minimum atomic E-state index is -0.201. The predicted molar refractivity (Wildman–Crippen MR) is 46.9 cm³/mol. The summed E-state index contributed by atoms with van der Waals surface area (Å²) in [7, 11) is 0. The van der Waals surface area contributed by atoms with Crippen LogP contribution in [0.2, 0.25) is 0 Å². The summed E-state index contributed by atoms with van der Waals surface area (Å²) in [6.07, 6.45) is 3.68.